The number of fused-ring (bicyclic) bond motifs is 1. The summed E-state index contributed by atoms with van der Waals surface area (Å²) in [6.45, 7) is 2.85. The standard InChI is InChI=1S/C18H22N4O3S/c1-2-9-20-26(24,25)21-16-8-7-14-6-4-11-22(17(14)12-16)18(23)15-5-3-10-19-13-15/h3,5,7-8,10,12-13,20-21H,2,4,6,9,11H2,1H3. The Bertz CT molecular complexity index is 885. The first-order valence-corrected chi connectivity index (χ1v) is 10.1. The molecule has 7 nitrogen and oxygen atoms in total. The van der Waals surface area contributed by atoms with Crippen molar-refractivity contribution in [1.82, 2.24) is 9.71 Å². The largest absolute Gasteiger partial charge is 0.308 e. The third-order valence-electron chi connectivity index (χ3n) is 4.15. The molecular weight excluding hydrogens is 352 g/mol. The molecule has 0 bridgehead atoms. The summed E-state index contributed by atoms with van der Waals surface area (Å²) in [5.74, 6) is -0.136. The first kappa shape index (κ1) is 18.3. The quantitative estimate of drug-likeness (QED) is 0.812. The van der Waals surface area contributed by atoms with Crippen LogP contribution in [0, 0.1) is 0 Å². The van der Waals surface area contributed by atoms with Crippen molar-refractivity contribution in [2.75, 3.05) is 22.7 Å². The molecule has 26 heavy (non-hydrogen) atoms. The lowest BCUT2D eigenvalue weighted by molar-refractivity contribution is 0.0985. The van der Waals surface area contributed by atoms with Gasteiger partial charge in [0.15, 0.2) is 0 Å². The molecule has 1 aromatic carbocycles. The van der Waals surface area contributed by atoms with Crippen LogP contribution in [0.3, 0.4) is 0 Å². The van der Waals surface area contributed by atoms with Crippen LogP contribution in [0.4, 0.5) is 11.4 Å². The normalized spacial score (nSPS) is 14.0. The number of pyridine rings is 1. The second kappa shape index (κ2) is 7.84. The minimum Gasteiger partial charge on any atom is -0.308 e. The number of hydrogen-bond donors (Lipinski definition) is 2. The van der Waals surface area contributed by atoms with Crippen LogP contribution in [0.1, 0.15) is 35.7 Å². The smallest absolute Gasteiger partial charge is 0.299 e. The van der Waals surface area contributed by atoms with Crippen LogP contribution in [-0.4, -0.2) is 32.4 Å². The highest BCUT2D eigenvalue weighted by Gasteiger charge is 2.24. The first-order valence-electron chi connectivity index (χ1n) is 8.62. The van der Waals surface area contributed by atoms with Gasteiger partial charge in [-0.2, -0.15) is 13.1 Å². The number of aryl methyl sites for hydroxylation is 1. The Balaban J connectivity index is 1.87. The van der Waals surface area contributed by atoms with Gasteiger partial charge in [0.1, 0.15) is 0 Å². The molecule has 138 valence electrons. The average molecular weight is 374 g/mol. The molecule has 0 saturated carbocycles. The van der Waals surface area contributed by atoms with Crippen molar-refractivity contribution in [2.24, 2.45) is 0 Å². The zero-order valence-corrected chi connectivity index (χ0v) is 15.4. The summed E-state index contributed by atoms with van der Waals surface area (Å²) in [6.07, 6.45) is 5.59. The summed E-state index contributed by atoms with van der Waals surface area (Å²) in [7, 11) is -3.63. The Morgan fingerprint density at radius 3 is 2.88 bits per heavy atom. The molecule has 1 aromatic heterocycles. The first-order chi connectivity index (χ1) is 12.5. The van der Waals surface area contributed by atoms with Crippen LogP contribution in [0.2, 0.25) is 0 Å². The highest BCUT2D eigenvalue weighted by molar-refractivity contribution is 7.90. The molecule has 2 aromatic rings. The maximum atomic E-state index is 12.8. The number of nitrogens with one attached hydrogen (secondary N) is 2. The Hall–Kier alpha value is -2.45. The molecule has 1 aliphatic heterocycles. The second-order valence-corrected chi connectivity index (χ2v) is 7.65. The van der Waals surface area contributed by atoms with Gasteiger partial charge in [0, 0.05) is 31.2 Å². The van der Waals surface area contributed by atoms with E-state index >= 15 is 0 Å². The van der Waals surface area contributed by atoms with Crippen molar-refractivity contribution in [1.29, 1.82) is 0 Å². The van der Waals surface area contributed by atoms with Crippen LogP contribution in [0.5, 0.6) is 0 Å². The van der Waals surface area contributed by atoms with Crippen LogP contribution < -0.4 is 14.3 Å². The summed E-state index contributed by atoms with van der Waals surface area (Å²) < 4.78 is 29.1. The van der Waals surface area contributed by atoms with Gasteiger partial charge in [-0.15, -0.1) is 0 Å². The lowest BCUT2D eigenvalue weighted by Gasteiger charge is -2.30. The van der Waals surface area contributed by atoms with E-state index in [1.165, 1.54) is 6.20 Å². The lowest BCUT2D eigenvalue weighted by atomic mass is 10.0. The Morgan fingerprint density at radius 1 is 1.31 bits per heavy atom. The fourth-order valence-electron chi connectivity index (χ4n) is 2.92. The summed E-state index contributed by atoms with van der Waals surface area (Å²) in [4.78, 5) is 18.5. The highest BCUT2D eigenvalue weighted by atomic mass is 32.2. The highest BCUT2D eigenvalue weighted by Crippen LogP contribution is 2.31. The number of carbonyl (C=O) groups is 1. The molecule has 0 spiro atoms. The monoisotopic (exact) mass is 374 g/mol. The molecule has 0 atom stereocenters. The number of hydrogen-bond acceptors (Lipinski definition) is 4. The number of amides is 1. The van der Waals surface area contributed by atoms with Crippen molar-refractivity contribution in [2.45, 2.75) is 26.2 Å². The van der Waals surface area contributed by atoms with Gasteiger partial charge < -0.3 is 4.90 Å². The molecule has 8 heteroatoms. The molecule has 0 fully saturated rings. The fraction of sp³-hybridized carbons (Fsp3) is 0.333. The van der Waals surface area contributed by atoms with Crippen molar-refractivity contribution in [3.8, 4) is 0 Å². The lowest BCUT2D eigenvalue weighted by Crippen LogP contribution is -2.36. The molecule has 0 unspecified atom stereocenters. The Kier molecular flexibility index (Phi) is 5.53. The third kappa shape index (κ3) is 4.20. The molecular formula is C18H22N4O3S. The fourth-order valence-corrected chi connectivity index (χ4v) is 3.90. The molecule has 0 aliphatic carbocycles. The van der Waals surface area contributed by atoms with Crippen LogP contribution in [0.25, 0.3) is 0 Å². The maximum Gasteiger partial charge on any atom is 0.299 e. The summed E-state index contributed by atoms with van der Waals surface area (Å²) >= 11 is 0. The average Bonchev–Trinajstić information content (AvgIpc) is 2.66. The van der Waals surface area contributed by atoms with Crippen LogP contribution in [-0.2, 0) is 16.6 Å². The van der Waals surface area contributed by atoms with E-state index in [0.29, 0.717) is 30.8 Å². The predicted octanol–water partition coefficient (Wildman–Crippen LogP) is 2.33. The van der Waals surface area contributed by atoms with Gasteiger partial charge in [0.2, 0.25) is 0 Å². The van der Waals surface area contributed by atoms with Gasteiger partial charge in [-0.3, -0.25) is 14.5 Å². The van der Waals surface area contributed by atoms with Crippen molar-refractivity contribution in [3.63, 3.8) is 0 Å². The molecule has 0 radical (unpaired) electrons. The number of rotatable bonds is 6. The number of anilines is 2. The van der Waals surface area contributed by atoms with Crippen molar-refractivity contribution >= 4 is 27.5 Å². The Labute approximate surface area is 153 Å². The summed E-state index contributed by atoms with van der Waals surface area (Å²) in [5.41, 5.74) is 2.70. The van der Waals surface area contributed by atoms with Gasteiger partial charge in [0.05, 0.1) is 11.3 Å². The molecule has 1 aliphatic rings. The predicted molar refractivity (Wildman–Crippen MR) is 102 cm³/mol. The second-order valence-electron chi connectivity index (χ2n) is 6.15. The van der Waals surface area contributed by atoms with E-state index in [1.807, 2.05) is 13.0 Å². The zero-order chi connectivity index (χ0) is 18.6. The van der Waals surface area contributed by atoms with E-state index in [2.05, 4.69) is 14.4 Å². The molecule has 1 amide bonds. The summed E-state index contributed by atoms with van der Waals surface area (Å²) in [6, 6.07) is 8.76. The molecule has 2 N–H and O–H groups in total. The number of carbonyl (C=O) groups excluding carboxylic acids is 1. The number of benzene rings is 1. The molecule has 0 saturated heterocycles. The molecule has 3 rings (SSSR count). The van der Waals surface area contributed by atoms with Gasteiger partial charge in [-0.1, -0.05) is 13.0 Å². The van der Waals surface area contributed by atoms with Gasteiger partial charge in [-0.05, 0) is 49.1 Å². The minimum absolute atomic E-state index is 0.136. The van der Waals surface area contributed by atoms with Gasteiger partial charge >= 0.3 is 0 Å². The minimum atomic E-state index is -3.63. The van der Waals surface area contributed by atoms with Crippen LogP contribution >= 0.6 is 0 Å². The van der Waals surface area contributed by atoms with Crippen LogP contribution in [0.15, 0.2) is 42.7 Å². The van der Waals surface area contributed by atoms with E-state index in [9.17, 15) is 13.2 Å². The van der Waals surface area contributed by atoms with E-state index in [-0.39, 0.29) is 5.91 Å². The maximum absolute atomic E-state index is 12.8. The van der Waals surface area contributed by atoms with Crippen molar-refractivity contribution < 1.29 is 13.2 Å². The Morgan fingerprint density at radius 2 is 2.15 bits per heavy atom. The van der Waals surface area contributed by atoms with E-state index in [0.717, 1.165) is 24.1 Å². The summed E-state index contributed by atoms with van der Waals surface area (Å²) in [5, 5.41) is 0. The third-order valence-corrected chi connectivity index (χ3v) is 5.24. The number of aromatic nitrogens is 1. The molecule has 2 heterocycles. The zero-order valence-electron chi connectivity index (χ0n) is 14.6. The van der Waals surface area contributed by atoms with Gasteiger partial charge in [-0.25, -0.2) is 0 Å². The van der Waals surface area contributed by atoms with Gasteiger partial charge in [0.25, 0.3) is 16.1 Å². The topological polar surface area (TPSA) is 91.4 Å². The van der Waals surface area contributed by atoms with E-state index in [1.54, 1.807) is 35.4 Å². The number of nitrogens with zero attached hydrogens (tertiary/aromatic N) is 2. The van der Waals surface area contributed by atoms with E-state index in [4.69, 9.17) is 0 Å². The van der Waals surface area contributed by atoms with E-state index < -0.39 is 10.2 Å². The van der Waals surface area contributed by atoms with Crippen molar-refractivity contribution in [3.05, 3.63) is 53.9 Å². The SMILES string of the molecule is CCCNS(=O)(=O)Nc1ccc2c(c1)N(C(=O)c1cccnc1)CCC2.